The van der Waals surface area contributed by atoms with Crippen molar-refractivity contribution in [2.45, 2.75) is 10.8 Å². The maximum atomic E-state index is 12.8. The number of amides is 1. The Hall–Kier alpha value is -3.39. The summed E-state index contributed by atoms with van der Waals surface area (Å²) in [4.78, 5) is 29.5. The van der Waals surface area contributed by atoms with Crippen LogP contribution in [0.5, 0.6) is 0 Å². The van der Waals surface area contributed by atoms with Gasteiger partial charge in [-0.15, -0.1) is 11.8 Å². The number of rotatable bonds is 7. The van der Waals surface area contributed by atoms with E-state index < -0.39 is 10.8 Å². The van der Waals surface area contributed by atoms with Gasteiger partial charge in [0.05, 0.1) is 15.5 Å². The summed E-state index contributed by atoms with van der Waals surface area (Å²) in [6, 6.07) is 17.5. The lowest BCUT2D eigenvalue weighted by atomic mass is 10.1. The van der Waals surface area contributed by atoms with E-state index in [4.69, 9.17) is 0 Å². The van der Waals surface area contributed by atoms with Gasteiger partial charge < -0.3 is 10.2 Å². The van der Waals surface area contributed by atoms with Crippen LogP contribution in [0.4, 0.5) is 17.1 Å². The first-order valence-electron chi connectivity index (χ1n) is 8.84. The van der Waals surface area contributed by atoms with E-state index in [9.17, 15) is 14.9 Å². The summed E-state index contributed by atoms with van der Waals surface area (Å²) in [7, 11) is 3.57. The molecule has 0 atom stereocenters. The molecule has 0 saturated carbocycles. The highest BCUT2D eigenvalue weighted by Crippen LogP contribution is 2.26. The Morgan fingerprint density at radius 2 is 1.97 bits per heavy atom. The summed E-state index contributed by atoms with van der Waals surface area (Å²) in [6.45, 7) is 0. The number of aromatic nitrogens is 1. The Kier molecular flexibility index (Phi) is 6.46. The van der Waals surface area contributed by atoms with Crippen LogP contribution < -0.4 is 10.2 Å². The molecule has 0 fully saturated rings. The van der Waals surface area contributed by atoms with Crippen molar-refractivity contribution in [1.82, 2.24) is 4.98 Å². The van der Waals surface area contributed by atoms with Crippen molar-refractivity contribution in [2.75, 3.05) is 24.3 Å². The maximum absolute atomic E-state index is 12.8. The van der Waals surface area contributed by atoms with Gasteiger partial charge in [0.1, 0.15) is 0 Å². The smallest absolute Gasteiger partial charge is 0.270 e. The van der Waals surface area contributed by atoms with E-state index >= 15 is 0 Å². The second-order valence-corrected chi connectivity index (χ2v) is 7.46. The maximum Gasteiger partial charge on any atom is 0.270 e. The summed E-state index contributed by atoms with van der Waals surface area (Å²) in [5.74, 6) is 0.312. The topological polar surface area (TPSA) is 88.4 Å². The minimum atomic E-state index is -0.508. The van der Waals surface area contributed by atoms with Crippen molar-refractivity contribution >= 4 is 34.7 Å². The van der Waals surface area contributed by atoms with Crippen molar-refractivity contribution in [3.8, 4) is 0 Å². The number of nitrogens with zero attached hydrogens (tertiary/aromatic N) is 3. The standard InChI is InChI=1S/C21H20N4O3S/c1-24(2)19-10-9-17(25(27)28)13-18(19)21(26)23-16-7-5-6-15(12-16)14-29-20-8-3-4-11-22-20/h3-13H,14H2,1-2H3,(H,23,26). The molecule has 1 heterocycles. The lowest BCUT2D eigenvalue weighted by Crippen LogP contribution is -2.18. The number of benzene rings is 2. The van der Waals surface area contributed by atoms with E-state index in [2.05, 4.69) is 10.3 Å². The minimum Gasteiger partial charge on any atom is -0.377 e. The molecule has 0 spiro atoms. The number of nitrogens with one attached hydrogen (secondary N) is 1. The van der Waals surface area contributed by atoms with Gasteiger partial charge in [0.2, 0.25) is 0 Å². The number of non-ortho nitro benzene ring substituents is 1. The van der Waals surface area contributed by atoms with Gasteiger partial charge in [-0.3, -0.25) is 14.9 Å². The fraction of sp³-hybridized carbons (Fsp3) is 0.143. The molecule has 0 bridgehead atoms. The molecule has 0 aliphatic carbocycles. The predicted molar refractivity (Wildman–Crippen MR) is 116 cm³/mol. The Labute approximate surface area is 172 Å². The van der Waals surface area contributed by atoms with Crippen LogP contribution in [0.1, 0.15) is 15.9 Å². The molecule has 1 aromatic heterocycles. The Morgan fingerprint density at radius 1 is 1.14 bits per heavy atom. The van der Waals surface area contributed by atoms with Gasteiger partial charge in [0.15, 0.2) is 0 Å². The molecule has 29 heavy (non-hydrogen) atoms. The molecular formula is C21H20N4O3S. The SMILES string of the molecule is CN(C)c1ccc([N+](=O)[O-])cc1C(=O)Nc1cccc(CSc2ccccn2)c1. The largest absolute Gasteiger partial charge is 0.377 e. The fourth-order valence-corrected chi connectivity index (χ4v) is 3.54. The average molecular weight is 408 g/mol. The fourth-order valence-electron chi connectivity index (χ4n) is 2.74. The van der Waals surface area contributed by atoms with Crippen LogP contribution in [0, 0.1) is 10.1 Å². The van der Waals surface area contributed by atoms with Crippen LogP contribution in [0.15, 0.2) is 71.9 Å². The van der Waals surface area contributed by atoms with Crippen molar-refractivity contribution in [2.24, 2.45) is 0 Å². The first kappa shape index (κ1) is 20.3. The minimum absolute atomic E-state index is 0.124. The van der Waals surface area contributed by atoms with E-state index in [1.807, 2.05) is 36.4 Å². The number of anilines is 2. The lowest BCUT2D eigenvalue weighted by Gasteiger charge is -2.17. The quantitative estimate of drug-likeness (QED) is 0.349. The van der Waals surface area contributed by atoms with Gasteiger partial charge in [-0.1, -0.05) is 18.2 Å². The highest BCUT2D eigenvalue weighted by Gasteiger charge is 2.18. The second kappa shape index (κ2) is 9.20. The van der Waals surface area contributed by atoms with Crippen LogP contribution in [0.2, 0.25) is 0 Å². The molecule has 3 rings (SSSR count). The van der Waals surface area contributed by atoms with Gasteiger partial charge >= 0.3 is 0 Å². The Bertz CT molecular complexity index is 1030. The Morgan fingerprint density at radius 3 is 2.66 bits per heavy atom. The normalized spacial score (nSPS) is 10.4. The first-order valence-corrected chi connectivity index (χ1v) is 9.82. The van der Waals surface area contributed by atoms with E-state index in [1.165, 1.54) is 12.1 Å². The molecule has 3 aromatic rings. The molecule has 0 saturated heterocycles. The van der Waals surface area contributed by atoms with Crippen LogP contribution in [0.3, 0.4) is 0 Å². The molecule has 2 aromatic carbocycles. The third-order valence-electron chi connectivity index (χ3n) is 4.13. The number of thioether (sulfide) groups is 1. The average Bonchev–Trinajstić information content (AvgIpc) is 2.72. The molecule has 0 aliphatic rings. The molecule has 1 N–H and O–H groups in total. The summed E-state index contributed by atoms with van der Waals surface area (Å²) in [5.41, 5.74) is 2.39. The highest BCUT2D eigenvalue weighted by atomic mass is 32.2. The lowest BCUT2D eigenvalue weighted by molar-refractivity contribution is -0.384. The van der Waals surface area contributed by atoms with E-state index in [0.29, 0.717) is 17.1 Å². The zero-order valence-electron chi connectivity index (χ0n) is 16.0. The zero-order valence-corrected chi connectivity index (χ0v) is 16.8. The number of nitro groups is 1. The number of hydrogen-bond donors (Lipinski definition) is 1. The summed E-state index contributed by atoms with van der Waals surface area (Å²) < 4.78 is 0. The van der Waals surface area contributed by atoms with Crippen molar-refractivity contribution < 1.29 is 9.72 Å². The molecule has 8 heteroatoms. The first-order chi connectivity index (χ1) is 13.9. The molecule has 0 aliphatic heterocycles. The number of carbonyl (C=O) groups excluding carboxylic acids is 1. The number of nitro benzene ring substituents is 1. The van der Waals surface area contributed by atoms with Crippen molar-refractivity contribution in [3.63, 3.8) is 0 Å². The van der Waals surface area contributed by atoms with Gasteiger partial charge in [-0.25, -0.2) is 4.98 Å². The molecule has 0 radical (unpaired) electrons. The Balaban J connectivity index is 1.77. The van der Waals surface area contributed by atoms with E-state index in [1.54, 1.807) is 49.1 Å². The molecule has 7 nitrogen and oxygen atoms in total. The number of carbonyl (C=O) groups is 1. The molecular weight excluding hydrogens is 388 g/mol. The van der Waals surface area contributed by atoms with Crippen molar-refractivity contribution in [1.29, 1.82) is 0 Å². The summed E-state index contributed by atoms with van der Waals surface area (Å²) in [6.07, 6.45) is 1.75. The predicted octanol–water partition coefficient (Wildman–Crippen LogP) is 4.60. The summed E-state index contributed by atoms with van der Waals surface area (Å²) in [5, 5.41) is 14.9. The number of pyridine rings is 1. The van der Waals surface area contributed by atoms with Gasteiger partial charge in [-0.05, 0) is 35.9 Å². The van der Waals surface area contributed by atoms with Gasteiger partial charge in [-0.2, -0.15) is 0 Å². The zero-order chi connectivity index (χ0) is 20.8. The van der Waals surface area contributed by atoms with E-state index in [-0.39, 0.29) is 11.3 Å². The van der Waals surface area contributed by atoms with Gasteiger partial charge in [0, 0.05) is 49.6 Å². The highest BCUT2D eigenvalue weighted by molar-refractivity contribution is 7.98. The van der Waals surface area contributed by atoms with Gasteiger partial charge in [0.25, 0.3) is 11.6 Å². The molecule has 0 unspecified atom stereocenters. The van der Waals surface area contributed by atoms with Crippen LogP contribution in [-0.4, -0.2) is 29.9 Å². The number of hydrogen-bond acceptors (Lipinski definition) is 6. The molecule has 148 valence electrons. The second-order valence-electron chi connectivity index (χ2n) is 6.46. The monoisotopic (exact) mass is 408 g/mol. The van der Waals surface area contributed by atoms with Crippen LogP contribution >= 0.6 is 11.8 Å². The third-order valence-corrected chi connectivity index (χ3v) is 5.14. The van der Waals surface area contributed by atoms with Crippen molar-refractivity contribution in [3.05, 3.63) is 88.1 Å². The summed E-state index contributed by atoms with van der Waals surface area (Å²) >= 11 is 1.60. The third kappa shape index (κ3) is 5.32. The van der Waals surface area contributed by atoms with Crippen LogP contribution in [0.25, 0.3) is 0 Å². The molecule has 1 amide bonds. The van der Waals surface area contributed by atoms with E-state index in [0.717, 1.165) is 10.6 Å². The van der Waals surface area contributed by atoms with Crippen LogP contribution in [-0.2, 0) is 5.75 Å².